The second-order valence-corrected chi connectivity index (χ2v) is 5.72. The molecule has 0 aromatic heterocycles. The van der Waals surface area contributed by atoms with E-state index in [1.54, 1.807) is 18.7 Å². The number of esters is 1. The van der Waals surface area contributed by atoms with Gasteiger partial charge in [-0.15, -0.1) is 0 Å². The highest BCUT2D eigenvalue weighted by Gasteiger charge is 2.22. The van der Waals surface area contributed by atoms with Crippen molar-refractivity contribution >= 4 is 17.7 Å². The summed E-state index contributed by atoms with van der Waals surface area (Å²) in [5.74, 6) is -0.325. The molecule has 0 saturated carbocycles. The van der Waals surface area contributed by atoms with Gasteiger partial charge in [-0.3, -0.25) is 4.79 Å². The summed E-state index contributed by atoms with van der Waals surface area (Å²) in [6.07, 6.45) is 2.82. The van der Waals surface area contributed by atoms with Gasteiger partial charge in [0.05, 0.1) is 0 Å². The van der Waals surface area contributed by atoms with Gasteiger partial charge in [0.15, 0.2) is 0 Å². The van der Waals surface area contributed by atoms with Crippen molar-refractivity contribution in [3.63, 3.8) is 0 Å². The molecular formula is C10H21NO2S. The van der Waals surface area contributed by atoms with E-state index in [2.05, 4.69) is 20.1 Å². The number of hydrogen-bond donors (Lipinski definition) is 1. The van der Waals surface area contributed by atoms with Crippen LogP contribution in [-0.2, 0) is 9.53 Å². The second kappa shape index (κ2) is 5.61. The molecule has 0 spiro atoms. The Labute approximate surface area is 90.8 Å². The predicted molar refractivity (Wildman–Crippen MR) is 61.4 cm³/mol. The van der Waals surface area contributed by atoms with Gasteiger partial charge in [0.25, 0.3) is 0 Å². The van der Waals surface area contributed by atoms with E-state index in [0.717, 1.165) is 6.42 Å². The Balaban J connectivity index is 3.98. The van der Waals surface area contributed by atoms with Crippen molar-refractivity contribution in [2.45, 2.75) is 51.0 Å². The van der Waals surface area contributed by atoms with Crippen LogP contribution in [0.5, 0.6) is 0 Å². The van der Waals surface area contributed by atoms with E-state index < -0.39 is 6.04 Å². The van der Waals surface area contributed by atoms with Crippen LogP contribution in [0.15, 0.2) is 0 Å². The molecule has 0 aromatic carbocycles. The average molecular weight is 219 g/mol. The molecule has 14 heavy (non-hydrogen) atoms. The zero-order valence-electron chi connectivity index (χ0n) is 9.66. The fourth-order valence-corrected chi connectivity index (χ4v) is 1.52. The minimum Gasteiger partial charge on any atom is -0.461 e. The molecule has 0 saturated heterocycles. The molecule has 3 nitrogen and oxygen atoms in total. The summed E-state index contributed by atoms with van der Waals surface area (Å²) in [4.78, 5) is 11.2. The number of hydrogen-bond acceptors (Lipinski definition) is 4. The Morgan fingerprint density at radius 1 is 1.50 bits per heavy atom. The van der Waals surface area contributed by atoms with E-state index >= 15 is 0 Å². The number of rotatable bonds is 5. The molecule has 4 heteroatoms. The summed E-state index contributed by atoms with van der Waals surface area (Å²) < 4.78 is 5.31. The summed E-state index contributed by atoms with van der Waals surface area (Å²) in [5.41, 5.74) is 5.40. The minimum absolute atomic E-state index is 0.0732. The van der Waals surface area contributed by atoms with Crippen LogP contribution in [0.4, 0.5) is 0 Å². The Morgan fingerprint density at radius 2 is 2.00 bits per heavy atom. The van der Waals surface area contributed by atoms with Gasteiger partial charge < -0.3 is 10.5 Å². The molecule has 2 unspecified atom stereocenters. The standard InChI is InChI=1S/C10H21NO2S/c1-7(6-10(3,4)14-5)13-9(12)8(2)11/h7-8H,6,11H2,1-5H3. The van der Waals surface area contributed by atoms with Gasteiger partial charge in [-0.25, -0.2) is 0 Å². The molecule has 0 fully saturated rings. The minimum atomic E-state index is -0.533. The van der Waals surface area contributed by atoms with Crippen LogP contribution < -0.4 is 5.73 Å². The molecule has 0 aliphatic carbocycles. The van der Waals surface area contributed by atoms with Crippen LogP contribution >= 0.6 is 11.8 Å². The molecule has 0 heterocycles. The van der Waals surface area contributed by atoms with E-state index in [-0.39, 0.29) is 16.8 Å². The fraction of sp³-hybridized carbons (Fsp3) is 0.900. The predicted octanol–water partition coefficient (Wildman–Crippen LogP) is 1.80. The number of thioether (sulfide) groups is 1. The number of nitrogens with two attached hydrogens (primary N) is 1. The quantitative estimate of drug-likeness (QED) is 0.716. The third kappa shape index (κ3) is 5.50. The Kier molecular flexibility index (Phi) is 5.52. The van der Waals surface area contributed by atoms with Gasteiger partial charge in [0.1, 0.15) is 12.1 Å². The highest BCUT2D eigenvalue weighted by molar-refractivity contribution is 7.99. The molecule has 2 N–H and O–H groups in total. The van der Waals surface area contributed by atoms with Gasteiger partial charge in [0, 0.05) is 4.75 Å². The van der Waals surface area contributed by atoms with E-state index in [1.165, 1.54) is 0 Å². The Bertz CT molecular complexity index is 193. The molecule has 0 rings (SSSR count). The maximum atomic E-state index is 11.2. The molecule has 0 aliphatic heterocycles. The summed E-state index contributed by atoms with van der Waals surface area (Å²) in [6.45, 7) is 7.80. The van der Waals surface area contributed by atoms with Gasteiger partial charge in [-0.05, 0) is 26.5 Å². The van der Waals surface area contributed by atoms with Gasteiger partial charge in [0.2, 0.25) is 0 Å². The summed E-state index contributed by atoms with van der Waals surface area (Å²) in [7, 11) is 0. The van der Waals surface area contributed by atoms with Crippen molar-refractivity contribution in [2.75, 3.05) is 6.26 Å². The zero-order valence-corrected chi connectivity index (χ0v) is 10.5. The number of ether oxygens (including phenoxy) is 1. The van der Waals surface area contributed by atoms with Crippen LogP contribution in [0, 0.1) is 0 Å². The van der Waals surface area contributed by atoms with Crippen molar-refractivity contribution in [3.05, 3.63) is 0 Å². The molecule has 0 amide bonds. The van der Waals surface area contributed by atoms with Crippen molar-refractivity contribution < 1.29 is 9.53 Å². The lowest BCUT2D eigenvalue weighted by Crippen LogP contribution is -2.33. The van der Waals surface area contributed by atoms with Gasteiger partial charge >= 0.3 is 5.97 Å². The highest BCUT2D eigenvalue weighted by Crippen LogP contribution is 2.27. The van der Waals surface area contributed by atoms with Crippen molar-refractivity contribution in [3.8, 4) is 0 Å². The lowest BCUT2D eigenvalue weighted by molar-refractivity contribution is -0.149. The third-order valence-electron chi connectivity index (χ3n) is 2.02. The maximum absolute atomic E-state index is 11.2. The molecule has 84 valence electrons. The molecular weight excluding hydrogens is 198 g/mol. The first-order chi connectivity index (χ1) is 6.28. The Morgan fingerprint density at radius 3 is 2.36 bits per heavy atom. The SMILES string of the molecule is CSC(C)(C)CC(C)OC(=O)C(C)N. The van der Waals surface area contributed by atoms with E-state index in [0.29, 0.717) is 0 Å². The summed E-state index contributed by atoms with van der Waals surface area (Å²) in [6, 6.07) is -0.533. The van der Waals surface area contributed by atoms with E-state index in [1.807, 2.05) is 6.92 Å². The maximum Gasteiger partial charge on any atom is 0.322 e. The topological polar surface area (TPSA) is 52.3 Å². The number of carbonyl (C=O) groups is 1. The largest absolute Gasteiger partial charge is 0.461 e. The van der Waals surface area contributed by atoms with Crippen molar-refractivity contribution in [1.82, 2.24) is 0 Å². The smallest absolute Gasteiger partial charge is 0.322 e. The monoisotopic (exact) mass is 219 g/mol. The highest BCUT2D eigenvalue weighted by atomic mass is 32.2. The first-order valence-corrected chi connectivity index (χ1v) is 6.02. The summed E-state index contributed by atoms with van der Waals surface area (Å²) in [5, 5.41) is 0. The third-order valence-corrected chi connectivity index (χ3v) is 3.29. The van der Waals surface area contributed by atoms with Crippen molar-refractivity contribution in [1.29, 1.82) is 0 Å². The second-order valence-electron chi connectivity index (χ2n) is 4.20. The average Bonchev–Trinajstić information content (AvgIpc) is 2.02. The van der Waals surface area contributed by atoms with Gasteiger partial charge in [-0.2, -0.15) is 11.8 Å². The fourth-order valence-electron chi connectivity index (χ4n) is 1.12. The molecule has 0 aromatic rings. The van der Waals surface area contributed by atoms with Gasteiger partial charge in [-0.1, -0.05) is 13.8 Å². The lowest BCUT2D eigenvalue weighted by Gasteiger charge is -2.26. The van der Waals surface area contributed by atoms with Crippen molar-refractivity contribution in [2.24, 2.45) is 5.73 Å². The first kappa shape index (κ1) is 13.8. The van der Waals surface area contributed by atoms with Crippen LogP contribution in [0.3, 0.4) is 0 Å². The van der Waals surface area contributed by atoms with E-state index in [4.69, 9.17) is 10.5 Å². The first-order valence-electron chi connectivity index (χ1n) is 4.79. The van der Waals surface area contributed by atoms with Crippen LogP contribution in [0.25, 0.3) is 0 Å². The number of carbonyl (C=O) groups excluding carboxylic acids is 1. The summed E-state index contributed by atoms with van der Waals surface area (Å²) >= 11 is 1.77. The zero-order chi connectivity index (χ0) is 11.4. The molecule has 2 atom stereocenters. The van der Waals surface area contributed by atoms with Crippen LogP contribution in [-0.4, -0.2) is 29.1 Å². The van der Waals surface area contributed by atoms with Crippen LogP contribution in [0.2, 0.25) is 0 Å². The lowest BCUT2D eigenvalue weighted by atomic mass is 10.1. The molecule has 0 radical (unpaired) electrons. The van der Waals surface area contributed by atoms with Crippen LogP contribution in [0.1, 0.15) is 34.1 Å². The molecule has 0 aliphatic rings. The Hall–Kier alpha value is -0.220. The van der Waals surface area contributed by atoms with E-state index in [9.17, 15) is 4.79 Å². The normalized spacial score (nSPS) is 16.1. The molecule has 0 bridgehead atoms.